The maximum Gasteiger partial charge on any atom is 0.266 e. The fourth-order valence-corrected chi connectivity index (χ4v) is 10.5. The smallest absolute Gasteiger partial charge is 0.266 e. The standard InChI is InChI=1S/C56H52Cl2N2O4/c1-31(2)9-7-11-33(5)13-15-35-17-21-37(22-18-35)59-53(61)41-27-25-39-47-40(26-28-42(48(41)47)54(59)62)51-46(58)30-44-49-43(29-45(57)50(39)52(49)51)55(63)60(56(44)64)38-23-19-36(20-24-38)16-14-34(6)12-8-10-32(3)4/h9-10,17-30,33-34H,7-8,11-16H2,1-6H3/t33-,34-/m0/s1. The van der Waals surface area contributed by atoms with Crippen molar-refractivity contribution in [3.8, 4) is 0 Å². The molecule has 7 aromatic rings. The van der Waals surface area contributed by atoms with Crippen LogP contribution in [0, 0.1) is 11.8 Å². The average Bonchev–Trinajstić information content (AvgIpc) is 3.26. The summed E-state index contributed by atoms with van der Waals surface area (Å²) in [4.78, 5) is 60.3. The van der Waals surface area contributed by atoms with Crippen molar-refractivity contribution in [2.24, 2.45) is 11.8 Å². The first-order chi connectivity index (χ1) is 30.7. The maximum absolute atomic E-state index is 14.5. The Morgan fingerprint density at radius 2 is 0.844 bits per heavy atom. The first-order valence-electron chi connectivity index (χ1n) is 22.5. The third-order valence-electron chi connectivity index (χ3n) is 13.4. The summed E-state index contributed by atoms with van der Waals surface area (Å²) in [6.07, 6.45) is 12.9. The van der Waals surface area contributed by atoms with Gasteiger partial charge in [0.2, 0.25) is 0 Å². The number of aryl methyl sites for hydroxylation is 2. The molecule has 2 heterocycles. The van der Waals surface area contributed by atoms with Gasteiger partial charge in [0.15, 0.2) is 0 Å². The highest BCUT2D eigenvalue weighted by Crippen LogP contribution is 2.51. The van der Waals surface area contributed by atoms with E-state index in [1.165, 1.54) is 20.9 Å². The summed E-state index contributed by atoms with van der Waals surface area (Å²) in [7, 11) is 0. The molecule has 0 N–H and O–H groups in total. The van der Waals surface area contributed by atoms with Gasteiger partial charge < -0.3 is 0 Å². The van der Waals surface area contributed by atoms with Crippen LogP contribution in [0.4, 0.5) is 11.4 Å². The second-order valence-electron chi connectivity index (χ2n) is 18.6. The Morgan fingerprint density at radius 1 is 0.469 bits per heavy atom. The molecule has 0 fully saturated rings. The summed E-state index contributed by atoms with van der Waals surface area (Å²) < 4.78 is 0. The van der Waals surface area contributed by atoms with Crippen LogP contribution in [0.3, 0.4) is 0 Å². The summed E-state index contributed by atoms with van der Waals surface area (Å²) in [5.74, 6) is -0.605. The van der Waals surface area contributed by atoms with Gasteiger partial charge in [-0.3, -0.25) is 19.2 Å². The van der Waals surface area contributed by atoms with Crippen LogP contribution in [-0.4, -0.2) is 23.6 Å². The van der Waals surface area contributed by atoms with Crippen molar-refractivity contribution in [1.82, 2.24) is 0 Å². The molecule has 4 amide bonds. The molecule has 0 aromatic heterocycles. The Labute approximate surface area is 384 Å². The van der Waals surface area contributed by atoms with Gasteiger partial charge in [-0.15, -0.1) is 0 Å². The maximum atomic E-state index is 14.5. The predicted molar refractivity (Wildman–Crippen MR) is 265 cm³/mol. The fourth-order valence-electron chi connectivity index (χ4n) is 9.89. The van der Waals surface area contributed by atoms with Gasteiger partial charge in [-0.1, -0.05) is 96.7 Å². The van der Waals surface area contributed by atoms with E-state index in [1.54, 1.807) is 24.3 Å². The second-order valence-corrected chi connectivity index (χ2v) is 19.4. The van der Waals surface area contributed by atoms with Gasteiger partial charge in [0, 0.05) is 48.1 Å². The van der Waals surface area contributed by atoms with Gasteiger partial charge in [0.25, 0.3) is 23.6 Å². The topological polar surface area (TPSA) is 74.8 Å². The van der Waals surface area contributed by atoms with Gasteiger partial charge in [-0.2, -0.15) is 0 Å². The summed E-state index contributed by atoms with van der Waals surface area (Å²) >= 11 is 14.4. The minimum atomic E-state index is -0.468. The number of benzene rings is 7. The van der Waals surface area contributed by atoms with E-state index in [0.717, 1.165) is 62.5 Å². The molecule has 9 rings (SSSR count). The molecule has 6 nitrogen and oxygen atoms in total. The predicted octanol–water partition coefficient (Wildman–Crippen LogP) is 15.3. The lowest BCUT2D eigenvalue weighted by molar-refractivity contribution is 0.0877. The van der Waals surface area contributed by atoms with Crippen molar-refractivity contribution in [3.05, 3.63) is 152 Å². The van der Waals surface area contributed by atoms with Crippen molar-refractivity contribution in [2.75, 3.05) is 9.80 Å². The van der Waals surface area contributed by atoms with E-state index in [9.17, 15) is 19.2 Å². The molecule has 0 radical (unpaired) electrons. The highest BCUT2D eigenvalue weighted by Gasteiger charge is 2.39. The molecule has 0 saturated heterocycles. The summed E-state index contributed by atoms with van der Waals surface area (Å²) in [5, 5.41) is 5.52. The van der Waals surface area contributed by atoms with Crippen LogP contribution in [0.1, 0.15) is 133 Å². The Balaban J connectivity index is 1.04. The summed E-state index contributed by atoms with van der Waals surface area (Å²) in [6.45, 7) is 13.1. The monoisotopic (exact) mass is 886 g/mol. The molecule has 7 aromatic carbocycles. The van der Waals surface area contributed by atoms with E-state index >= 15 is 0 Å². The summed E-state index contributed by atoms with van der Waals surface area (Å²) in [6, 6.07) is 25.9. The van der Waals surface area contributed by atoms with Crippen molar-refractivity contribution in [1.29, 1.82) is 0 Å². The number of nitrogens with zero attached hydrogens (tertiary/aromatic N) is 2. The number of carbonyl (C=O) groups is 4. The molecule has 0 spiro atoms. The number of allylic oxidation sites excluding steroid dienone is 4. The van der Waals surface area contributed by atoms with Crippen molar-refractivity contribution in [3.63, 3.8) is 0 Å². The molecule has 64 heavy (non-hydrogen) atoms. The number of rotatable bonds is 14. The van der Waals surface area contributed by atoms with Crippen molar-refractivity contribution in [2.45, 2.75) is 92.9 Å². The van der Waals surface area contributed by atoms with Crippen LogP contribution in [0.2, 0.25) is 10.0 Å². The Bertz CT molecular complexity index is 2990. The number of carbonyl (C=O) groups excluding carboxylic acids is 4. The van der Waals surface area contributed by atoms with E-state index in [4.69, 9.17) is 23.2 Å². The number of halogens is 2. The van der Waals surface area contributed by atoms with E-state index in [0.29, 0.717) is 98.6 Å². The SMILES string of the molecule is CC(C)=CCC[C@H](C)CCc1ccc(N2C(=O)c3ccc4c5c(Cl)cc6c7c(cc(Cl)c(c8ccc(c3c48)C2=O)c75)C(=O)N(c2ccc(CC[C@@H](C)CCC=C(C)C)cc2)C6=O)cc1. The molecule has 0 bridgehead atoms. The molecule has 324 valence electrons. The van der Waals surface area contributed by atoms with Crippen LogP contribution in [-0.2, 0) is 12.8 Å². The second kappa shape index (κ2) is 17.3. The van der Waals surface area contributed by atoms with Gasteiger partial charge in [0.1, 0.15) is 0 Å². The summed E-state index contributed by atoms with van der Waals surface area (Å²) in [5.41, 5.74) is 7.38. The minimum Gasteiger partial charge on any atom is -0.268 e. The Kier molecular flexibility index (Phi) is 11.7. The third kappa shape index (κ3) is 7.58. The number of amides is 4. The fraction of sp³-hybridized carbons (Fsp3) is 0.286. The molecule has 2 aliphatic heterocycles. The number of anilines is 2. The number of imide groups is 2. The van der Waals surface area contributed by atoms with Crippen LogP contribution in [0.15, 0.2) is 108 Å². The lowest BCUT2D eigenvalue weighted by Gasteiger charge is -2.31. The van der Waals surface area contributed by atoms with Gasteiger partial charge in [-0.05, 0) is 167 Å². The van der Waals surface area contributed by atoms with Crippen molar-refractivity contribution < 1.29 is 19.2 Å². The van der Waals surface area contributed by atoms with E-state index in [-0.39, 0.29) is 0 Å². The molecule has 0 unspecified atom stereocenters. The largest absolute Gasteiger partial charge is 0.268 e. The molecule has 0 aliphatic carbocycles. The first-order valence-corrected chi connectivity index (χ1v) is 23.3. The van der Waals surface area contributed by atoms with Crippen LogP contribution < -0.4 is 9.80 Å². The Hall–Kier alpha value is -5.82. The van der Waals surface area contributed by atoms with Crippen LogP contribution in [0.25, 0.3) is 43.1 Å². The van der Waals surface area contributed by atoms with Crippen LogP contribution in [0.5, 0.6) is 0 Å². The van der Waals surface area contributed by atoms with Gasteiger partial charge >= 0.3 is 0 Å². The van der Waals surface area contributed by atoms with E-state index < -0.39 is 23.6 Å². The molecule has 2 atom stereocenters. The highest BCUT2D eigenvalue weighted by molar-refractivity contribution is 6.52. The molecular formula is C56H52Cl2N2O4. The zero-order valence-electron chi connectivity index (χ0n) is 37.3. The number of hydrogen-bond donors (Lipinski definition) is 0. The minimum absolute atomic E-state index is 0.303. The van der Waals surface area contributed by atoms with E-state index in [2.05, 4.69) is 53.7 Å². The molecule has 2 aliphatic rings. The Morgan fingerprint density at radius 3 is 1.23 bits per heavy atom. The zero-order chi connectivity index (χ0) is 45.1. The van der Waals surface area contributed by atoms with Crippen LogP contribution >= 0.6 is 23.2 Å². The molecular weight excluding hydrogens is 836 g/mol. The average molecular weight is 888 g/mol. The lowest BCUT2D eigenvalue weighted by atomic mass is 9.82. The quantitative estimate of drug-likeness (QED) is 0.0472. The van der Waals surface area contributed by atoms with Gasteiger partial charge in [0.05, 0.1) is 22.5 Å². The number of fused-ring (bicyclic) bond motifs is 2. The third-order valence-corrected chi connectivity index (χ3v) is 14.0. The first kappa shape index (κ1) is 43.4. The normalized spacial score (nSPS) is 14.7. The molecule has 8 heteroatoms. The van der Waals surface area contributed by atoms with Crippen molar-refractivity contribution >= 4 is 101 Å². The number of hydrogen-bond acceptors (Lipinski definition) is 4. The van der Waals surface area contributed by atoms with Gasteiger partial charge in [-0.25, -0.2) is 9.80 Å². The highest BCUT2D eigenvalue weighted by atomic mass is 35.5. The lowest BCUT2D eigenvalue weighted by Crippen LogP contribution is -2.40. The van der Waals surface area contributed by atoms with E-state index in [1.807, 2.05) is 60.7 Å². The molecule has 0 saturated carbocycles. The zero-order valence-corrected chi connectivity index (χ0v) is 38.8.